The fourth-order valence-corrected chi connectivity index (χ4v) is 3.21. The number of nitrogens with one attached hydrogen (secondary N) is 1. The van der Waals surface area contributed by atoms with Gasteiger partial charge in [-0.15, -0.1) is 0 Å². The van der Waals surface area contributed by atoms with Crippen molar-refractivity contribution >= 4 is 34.1 Å². The molecule has 1 fully saturated rings. The number of pyridine rings is 1. The third-order valence-corrected chi connectivity index (χ3v) is 4.72. The Morgan fingerprint density at radius 2 is 1.95 bits per heavy atom. The van der Waals surface area contributed by atoms with E-state index in [1.165, 1.54) is 6.42 Å². The van der Waals surface area contributed by atoms with E-state index in [-0.39, 0.29) is 11.3 Å². The Labute approximate surface area is 129 Å². The molecule has 110 valence electrons. The van der Waals surface area contributed by atoms with Gasteiger partial charge in [0.2, 0.25) is 5.91 Å². The maximum Gasteiger partial charge on any atom is 0.230 e. The molecule has 0 aliphatic heterocycles. The Bertz CT molecular complexity index is 678. The van der Waals surface area contributed by atoms with Gasteiger partial charge in [-0.25, -0.2) is 4.98 Å². The number of amides is 1. The molecular weight excluding hydrogens is 284 g/mol. The molecule has 0 spiro atoms. The molecule has 1 N–H and O–H groups in total. The maximum absolute atomic E-state index is 12.6. The molecule has 1 aromatic carbocycles. The minimum atomic E-state index is -0.285. The largest absolute Gasteiger partial charge is 0.323 e. The number of benzene rings is 1. The Balaban J connectivity index is 1.87. The predicted molar refractivity (Wildman–Crippen MR) is 86.6 cm³/mol. The van der Waals surface area contributed by atoms with Gasteiger partial charge < -0.3 is 5.32 Å². The smallest absolute Gasteiger partial charge is 0.230 e. The molecule has 1 amide bonds. The molecule has 1 aliphatic rings. The predicted octanol–water partition coefficient (Wildman–Crippen LogP) is 4.80. The van der Waals surface area contributed by atoms with E-state index < -0.39 is 0 Å². The first-order valence-electron chi connectivity index (χ1n) is 7.45. The van der Waals surface area contributed by atoms with Gasteiger partial charge in [-0.05, 0) is 25.0 Å². The van der Waals surface area contributed by atoms with E-state index in [0.29, 0.717) is 10.8 Å². The molecular formula is C17H19ClN2O. The van der Waals surface area contributed by atoms with Gasteiger partial charge in [-0.1, -0.05) is 56.0 Å². The lowest BCUT2D eigenvalue weighted by molar-refractivity contribution is -0.126. The van der Waals surface area contributed by atoms with Crippen LogP contribution < -0.4 is 5.32 Å². The number of hydrogen-bond donors (Lipinski definition) is 1. The summed E-state index contributed by atoms with van der Waals surface area (Å²) in [7, 11) is 0. The molecule has 1 heterocycles. The van der Waals surface area contributed by atoms with E-state index >= 15 is 0 Å². The molecule has 1 aromatic heterocycles. The molecule has 2 aromatic rings. The normalized spacial score (nSPS) is 17.6. The fourth-order valence-electron chi connectivity index (χ4n) is 3.01. The summed E-state index contributed by atoms with van der Waals surface area (Å²) >= 11 is 6.21. The highest BCUT2D eigenvalue weighted by Crippen LogP contribution is 2.37. The first kappa shape index (κ1) is 14.3. The summed E-state index contributed by atoms with van der Waals surface area (Å²) in [4.78, 5) is 16.9. The topological polar surface area (TPSA) is 42.0 Å². The lowest BCUT2D eigenvalue weighted by atomic mass is 9.75. The Hall–Kier alpha value is -1.61. The number of rotatable bonds is 2. The Kier molecular flexibility index (Phi) is 3.85. The number of nitrogens with zero attached hydrogens (tertiary/aromatic N) is 1. The molecule has 0 atom stereocenters. The third-order valence-electron chi connectivity index (χ3n) is 4.43. The molecule has 1 aliphatic carbocycles. The van der Waals surface area contributed by atoms with E-state index in [2.05, 4.69) is 10.3 Å². The summed E-state index contributed by atoms with van der Waals surface area (Å²) in [6.45, 7) is 2.05. The van der Waals surface area contributed by atoms with Gasteiger partial charge in [0.1, 0.15) is 0 Å². The highest BCUT2D eigenvalue weighted by atomic mass is 35.5. The molecule has 0 saturated heterocycles. The number of fused-ring (bicyclic) bond motifs is 1. The zero-order valence-electron chi connectivity index (χ0n) is 12.2. The molecule has 1 saturated carbocycles. The monoisotopic (exact) mass is 302 g/mol. The van der Waals surface area contributed by atoms with E-state index in [0.717, 1.165) is 36.6 Å². The van der Waals surface area contributed by atoms with Crippen molar-refractivity contribution in [1.29, 1.82) is 0 Å². The second-order valence-corrected chi connectivity index (χ2v) is 6.45. The molecule has 3 rings (SSSR count). The summed E-state index contributed by atoms with van der Waals surface area (Å²) in [5, 5.41) is 4.31. The van der Waals surface area contributed by atoms with Crippen LogP contribution in [0.1, 0.15) is 39.0 Å². The van der Waals surface area contributed by atoms with Gasteiger partial charge in [-0.3, -0.25) is 4.79 Å². The van der Waals surface area contributed by atoms with E-state index in [9.17, 15) is 4.79 Å². The Morgan fingerprint density at radius 3 is 2.71 bits per heavy atom. The van der Waals surface area contributed by atoms with Crippen molar-refractivity contribution in [2.75, 3.05) is 5.32 Å². The van der Waals surface area contributed by atoms with Crippen LogP contribution in [0.15, 0.2) is 30.3 Å². The minimum Gasteiger partial charge on any atom is -0.323 e. The van der Waals surface area contributed by atoms with Gasteiger partial charge in [0, 0.05) is 10.8 Å². The summed E-state index contributed by atoms with van der Waals surface area (Å²) < 4.78 is 0. The SMILES string of the molecule is CC1(C(=O)Nc2cc3ccccc3nc2Cl)CCCCC1. The molecule has 3 nitrogen and oxygen atoms in total. The second-order valence-electron chi connectivity index (χ2n) is 6.09. The van der Waals surface area contributed by atoms with E-state index in [4.69, 9.17) is 11.6 Å². The first-order chi connectivity index (χ1) is 10.1. The van der Waals surface area contributed by atoms with Crippen molar-refractivity contribution in [2.45, 2.75) is 39.0 Å². The number of hydrogen-bond acceptors (Lipinski definition) is 2. The lowest BCUT2D eigenvalue weighted by Crippen LogP contribution is -2.35. The summed E-state index contributed by atoms with van der Waals surface area (Å²) in [5.41, 5.74) is 1.16. The van der Waals surface area contributed by atoms with Gasteiger partial charge in [0.05, 0.1) is 11.2 Å². The highest BCUT2D eigenvalue weighted by molar-refractivity contribution is 6.33. The highest BCUT2D eigenvalue weighted by Gasteiger charge is 2.34. The average molecular weight is 303 g/mol. The zero-order valence-corrected chi connectivity index (χ0v) is 12.9. The lowest BCUT2D eigenvalue weighted by Gasteiger charge is -2.32. The number of carbonyl (C=O) groups is 1. The van der Waals surface area contributed by atoms with Crippen molar-refractivity contribution in [3.05, 3.63) is 35.5 Å². The number of carbonyl (C=O) groups excluding carboxylic acids is 1. The number of aromatic nitrogens is 1. The fraction of sp³-hybridized carbons (Fsp3) is 0.412. The van der Waals surface area contributed by atoms with Gasteiger partial charge in [0.15, 0.2) is 5.15 Å². The van der Waals surface area contributed by atoms with E-state index in [1.54, 1.807) is 0 Å². The van der Waals surface area contributed by atoms with Crippen molar-refractivity contribution < 1.29 is 4.79 Å². The van der Waals surface area contributed by atoms with Crippen LogP contribution in [0.25, 0.3) is 10.9 Å². The van der Waals surface area contributed by atoms with Crippen LogP contribution >= 0.6 is 11.6 Å². The molecule has 0 unspecified atom stereocenters. The van der Waals surface area contributed by atoms with Crippen LogP contribution in [-0.4, -0.2) is 10.9 Å². The van der Waals surface area contributed by atoms with Crippen molar-refractivity contribution in [2.24, 2.45) is 5.41 Å². The van der Waals surface area contributed by atoms with Crippen molar-refractivity contribution in [3.63, 3.8) is 0 Å². The maximum atomic E-state index is 12.6. The summed E-state index contributed by atoms with van der Waals surface area (Å²) in [6.07, 6.45) is 5.34. The van der Waals surface area contributed by atoms with Crippen LogP contribution in [0.5, 0.6) is 0 Å². The number of anilines is 1. The molecule has 0 bridgehead atoms. The average Bonchev–Trinajstić information content (AvgIpc) is 2.48. The van der Waals surface area contributed by atoms with Crippen molar-refractivity contribution in [3.8, 4) is 0 Å². The summed E-state index contributed by atoms with van der Waals surface area (Å²) in [5.74, 6) is 0.0566. The summed E-state index contributed by atoms with van der Waals surface area (Å²) in [6, 6.07) is 9.65. The first-order valence-corrected chi connectivity index (χ1v) is 7.83. The zero-order chi connectivity index (χ0) is 14.9. The van der Waals surface area contributed by atoms with Crippen molar-refractivity contribution in [1.82, 2.24) is 4.98 Å². The van der Waals surface area contributed by atoms with Gasteiger partial charge in [0.25, 0.3) is 0 Å². The number of para-hydroxylation sites is 1. The van der Waals surface area contributed by atoms with Crippen LogP contribution in [0.4, 0.5) is 5.69 Å². The quantitative estimate of drug-likeness (QED) is 0.810. The molecule has 0 radical (unpaired) electrons. The van der Waals surface area contributed by atoms with Crippen LogP contribution in [0.2, 0.25) is 5.15 Å². The van der Waals surface area contributed by atoms with Crippen LogP contribution in [0.3, 0.4) is 0 Å². The standard InChI is InChI=1S/C17H19ClN2O/c1-17(9-5-2-6-10-17)16(21)20-14-11-12-7-3-4-8-13(12)19-15(14)18/h3-4,7-8,11H,2,5-6,9-10H2,1H3,(H,20,21). The Morgan fingerprint density at radius 1 is 1.24 bits per heavy atom. The van der Waals surface area contributed by atoms with Crippen LogP contribution in [0, 0.1) is 5.41 Å². The number of halogens is 1. The molecule has 4 heteroatoms. The molecule has 21 heavy (non-hydrogen) atoms. The third kappa shape index (κ3) is 2.88. The minimum absolute atomic E-state index is 0.0566. The van der Waals surface area contributed by atoms with Gasteiger partial charge in [-0.2, -0.15) is 0 Å². The van der Waals surface area contributed by atoms with E-state index in [1.807, 2.05) is 37.3 Å². The van der Waals surface area contributed by atoms with Crippen LogP contribution in [-0.2, 0) is 4.79 Å². The van der Waals surface area contributed by atoms with Gasteiger partial charge >= 0.3 is 0 Å². The second kappa shape index (κ2) is 5.64.